The number of nitrogens with one attached hydrogen (secondary N) is 2. The summed E-state index contributed by atoms with van der Waals surface area (Å²) in [4.78, 5) is 23.9. The number of rotatable bonds is 7. The molecule has 0 saturated heterocycles. The van der Waals surface area contributed by atoms with Crippen LogP contribution in [0.1, 0.15) is 11.1 Å². The van der Waals surface area contributed by atoms with Gasteiger partial charge in [-0.15, -0.1) is 0 Å². The predicted octanol–water partition coefficient (Wildman–Crippen LogP) is 3.70. The van der Waals surface area contributed by atoms with Gasteiger partial charge in [0.2, 0.25) is 0 Å². The van der Waals surface area contributed by atoms with Crippen molar-refractivity contribution in [3.8, 4) is 5.75 Å². The van der Waals surface area contributed by atoms with E-state index in [4.69, 9.17) is 4.74 Å². The normalized spacial score (nSPS) is 10.2. The van der Waals surface area contributed by atoms with Crippen LogP contribution in [0.2, 0.25) is 0 Å². The SMILES string of the molecule is O=C(NCCc1ccccc1F)C(=O)Nc1ccc(OCc2ccccc2)cc1. The van der Waals surface area contributed by atoms with Gasteiger partial charge in [-0.25, -0.2) is 4.39 Å². The van der Waals surface area contributed by atoms with Crippen LogP contribution in [0.4, 0.5) is 10.1 Å². The average molecular weight is 392 g/mol. The molecule has 148 valence electrons. The van der Waals surface area contributed by atoms with E-state index in [1.807, 2.05) is 30.3 Å². The highest BCUT2D eigenvalue weighted by Crippen LogP contribution is 2.17. The number of hydrogen-bond acceptors (Lipinski definition) is 3. The van der Waals surface area contributed by atoms with Crippen molar-refractivity contribution in [2.75, 3.05) is 11.9 Å². The molecule has 0 saturated carbocycles. The third-order valence-corrected chi connectivity index (χ3v) is 4.20. The molecular weight excluding hydrogens is 371 g/mol. The number of hydrogen-bond donors (Lipinski definition) is 2. The third-order valence-electron chi connectivity index (χ3n) is 4.20. The molecule has 0 atom stereocenters. The van der Waals surface area contributed by atoms with E-state index in [1.165, 1.54) is 6.07 Å². The van der Waals surface area contributed by atoms with E-state index in [0.717, 1.165) is 5.56 Å². The standard InChI is InChI=1S/C23H21FN2O3/c24-21-9-5-4-8-18(21)14-15-25-22(27)23(28)26-19-10-12-20(13-11-19)29-16-17-6-2-1-3-7-17/h1-13H,14-16H2,(H,25,27)(H,26,28). The number of carbonyl (C=O) groups excluding carboxylic acids is 2. The van der Waals surface area contributed by atoms with Crippen molar-refractivity contribution >= 4 is 17.5 Å². The first-order chi connectivity index (χ1) is 14.1. The Balaban J connectivity index is 1.43. The molecule has 3 aromatic carbocycles. The second-order valence-corrected chi connectivity index (χ2v) is 6.35. The fourth-order valence-corrected chi connectivity index (χ4v) is 2.66. The minimum absolute atomic E-state index is 0.166. The minimum Gasteiger partial charge on any atom is -0.489 e. The van der Waals surface area contributed by atoms with Crippen molar-refractivity contribution in [1.82, 2.24) is 5.32 Å². The van der Waals surface area contributed by atoms with Crippen LogP contribution in [0.15, 0.2) is 78.9 Å². The van der Waals surface area contributed by atoms with Gasteiger partial charge in [0.05, 0.1) is 0 Å². The molecule has 0 aliphatic carbocycles. The van der Waals surface area contributed by atoms with Crippen LogP contribution in [-0.4, -0.2) is 18.4 Å². The van der Waals surface area contributed by atoms with Gasteiger partial charge in [-0.3, -0.25) is 9.59 Å². The van der Waals surface area contributed by atoms with E-state index >= 15 is 0 Å². The average Bonchev–Trinajstić information content (AvgIpc) is 2.75. The molecule has 0 heterocycles. The first kappa shape index (κ1) is 20.1. The Morgan fingerprint density at radius 2 is 1.52 bits per heavy atom. The quantitative estimate of drug-likeness (QED) is 0.603. The van der Waals surface area contributed by atoms with E-state index in [-0.39, 0.29) is 12.4 Å². The number of ether oxygens (including phenoxy) is 1. The van der Waals surface area contributed by atoms with Gasteiger partial charge in [-0.05, 0) is 47.9 Å². The van der Waals surface area contributed by atoms with Crippen molar-refractivity contribution in [2.24, 2.45) is 0 Å². The summed E-state index contributed by atoms with van der Waals surface area (Å²) >= 11 is 0. The second-order valence-electron chi connectivity index (χ2n) is 6.35. The fraction of sp³-hybridized carbons (Fsp3) is 0.130. The molecule has 3 aromatic rings. The first-order valence-corrected chi connectivity index (χ1v) is 9.21. The molecule has 0 aliphatic rings. The molecule has 0 radical (unpaired) electrons. The highest BCUT2D eigenvalue weighted by atomic mass is 19.1. The van der Waals surface area contributed by atoms with Crippen molar-refractivity contribution in [3.05, 3.63) is 95.8 Å². The first-order valence-electron chi connectivity index (χ1n) is 9.21. The topological polar surface area (TPSA) is 67.4 Å². The molecule has 29 heavy (non-hydrogen) atoms. The van der Waals surface area contributed by atoms with Crippen LogP contribution >= 0.6 is 0 Å². The Labute approximate surface area is 168 Å². The molecule has 0 spiro atoms. The van der Waals surface area contributed by atoms with Crippen LogP contribution < -0.4 is 15.4 Å². The summed E-state index contributed by atoms with van der Waals surface area (Å²) < 4.78 is 19.2. The van der Waals surface area contributed by atoms with E-state index in [1.54, 1.807) is 42.5 Å². The Bertz CT molecular complexity index is 959. The molecule has 0 bridgehead atoms. The van der Waals surface area contributed by atoms with Gasteiger partial charge in [0.15, 0.2) is 0 Å². The monoisotopic (exact) mass is 392 g/mol. The van der Waals surface area contributed by atoms with Gasteiger partial charge in [0.25, 0.3) is 0 Å². The lowest BCUT2D eigenvalue weighted by Gasteiger charge is -2.09. The van der Waals surface area contributed by atoms with E-state index in [2.05, 4.69) is 10.6 Å². The summed E-state index contributed by atoms with van der Waals surface area (Å²) in [6.07, 6.45) is 0.305. The fourth-order valence-electron chi connectivity index (χ4n) is 2.66. The molecule has 5 nitrogen and oxygen atoms in total. The summed E-state index contributed by atoms with van der Waals surface area (Å²) in [6.45, 7) is 0.608. The number of halogens is 1. The molecule has 2 N–H and O–H groups in total. The minimum atomic E-state index is -0.781. The Kier molecular flexibility index (Phi) is 6.95. The van der Waals surface area contributed by atoms with Crippen molar-refractivity contribution in [1.29, 1.82) is 0 Å². The number of benzene rings is 3. The van der Waals surface area contributed by atoms with Crippen LogP contribution in [0.25, 0.3) is 0 Å². The second kappa shape index (κ2) is 10.0. The van der Waals surface area contributed by atoms with E-state index < -0.39 is 11.8 Å². The molecule has 0 unspecified atom stereocenters. The maximum Gasteiger partial charge on any atom is 0.313 e. The van der Waals surface area contributed by atoms with Crippen LogP contribution in [0.5, 0.6) is 5.75 Å². The van der Waals surface area contributed by atoms with Crippen molar-refractivity contribution in [3.63, 3.8) is 0 Å². The zero-order valence-electron chi connectivity index (χ0n) is 15.7. The Morgan fingerprint density at radius 3 is 2.24 bits per heavy atom. The summed E-state index contributed by atoms with van der Waals surface area (Å²) in [5.74, 6) is -1.23. The summed E-state index contributed by atoms with van der Waals surface area (Å²) in [7, 11) is 0. The lowest BCUT2D eigenvalue weighted by Crippen LogP contribution is -2.36. The number of anilines is 1. The van der Waals surface area contributed by atoms with Gasteiger partial charge >= 0.3 is 11.8 Å². The predicted molar refractivity (Wildman–Crippen MR) is 109 cm³/mol. The van der Waals surface area contributed by atoms with Crippen molar-refractivity contribution < 1.29 is 18.7 Å². The maximum atomic E-state index is 13.5. The van der Waals surface area contributed by atoms with Crippen LogP contribution in [-0.2, 0) is 22.6 Å². The lowest BCUT2D eigenvalue weighted by atomic mass is 10.1. The summed E-state index contributed by atoms with van der Waals surface area (Å²) in [6, 6.07) is 22.8. The van der Waals surface area contributed by atoms with Gasteiger partial charge in [0, 0.05) is 12.2 Å². The smallest absolute Gasteiger partial charge is 0.313 e. The van der Waals surface area contributed by atoms with Gasteiger partial charge in [0.1, 0.15) is 18.2 Å². The summed E-state index contributed by atoms with van der Waals surface area (Å²) in [5, 5.41) is 5.01. The molecule has 3 rings (SSSR count). The van der Waals surface area contributed by atoms with Crippen molar-refractivity contribution in [2.45, 2.75) is 13.0 Å². The summed E-state index contributed by atoms with van der Waals surface area (Å²) in [5.41, 5.74) is 2.02. The van der Waals surface area contributed by atoms with E-state index in [9.17, 15) is 14.0 Å². The Morgan fingerprint density at radius 1 is 0.828 bits per heavy atom. The van der Waals surface area contributed by atoms with Gasteiger partial charge in [-0.1, -0.05) is 48.5 Å². The third kappa shape index (κ3) is 6.17. The molecule has 2 amide bonds. The number of amides is 2. The molecule has 0 aliphatic heterocycles. The largest absolute Gasteiger partial charge is 0.489 e. The number of carbonyl (C=O) groups is 2. The molecular formula is C23H21FN2O3. The van der Waals surface area contributed by atoms with E-state index in [0.29, 0.717) is 30.0 Å². The molecule has 6 heteroatoms. The zero-order chi connectivity index (χ0) is 20.5. The van der Waals surface area contributed by atoms with Crippen LogP contribution in [0, 0.1) is 5.82 Å². The van der Waals surface area contributed by atoms with Gasteiger partial charge < -0.3 is 15.4 Å². The highest BCUT2D eigenvalue weighted by molar-refractivity contribution is 6.39. The molecule has 0 aromatic heterocycles. The maximum absolute atomic E-state index is 13.5. The molecule has 0 fully saturated rings. The highest BCUT2D eigenvalue weighted by Gasteiger charge is 2.13. The van der Waals surface area contributed by atoms with Gasteiger partial charge in [-0.2, -0.15) is 0 Å². The zero-order valence-corrected chi connectivity index (χ0v) is 15.7. The lowest BCUT2D eigenvalue weighted by molar-refractivity contribution is -0.136. The Hall–Kier alpha value is -3.67. The van der Waals surface area contributed by atoms with Crippen LogP contribution in [0.3, 0.4) is 0 Å².